The van der Waals surface area contributed by atoms with Crippen molar-refractivity contribution in [1.29, 1.82) is 0 Å². The van der Waals surface area contributed by atoms with Gasteiger partial charge in [0.1, 0.15) is 54.1 Å². The monoisotopic (exact) mass is 963 g/mol. The fourth-order valence-corrected chi connectivity index (χ4v) is 8.80. The Bertz CT molecular complexity index is 1460. The largest absolute Gasteiger partial charge is 0.550 e. The molecule has 0 aromatic carbocycles. The van der Waals surface area contributed by atoms with Crippen LogP contribution >= 0.6 is 0 Å². The van der Waals surface area contributed by atoms with Gasteiger partial charge in [-0.3, -0.25) is 9.59 Å². The van der Waals surface area contributed by atoms with Gasteiger partial charge in [-0.2, -0.15) is 0 Å². The number of ether oxygens (including phenoxy) is 4. The highest BCUT2D eigenvalue weighted by atomic mass is 16.7. The number of Topliss-reactive ketones (excluding diaryl/α,β-unsaturated/α-hetero) is 1. The average molecular weight is 963 g/mol. The highest BCUT2D eigenvalue weighted by Gasteiger charge is 2.53. The Morgan fingerprint density at radius 1 is 0.716 bits per heavy atom. The van der Waals surface area contributed by atoms with Crippen molar-refractivity contribution >= 4 is 23.6 Å². The quantitative estimate of drug-likeness (QED) is 0.0328. The Kier molecular flexibility index (Phi) is 29.6. The number of carbonyl (C=O) groups excluding carboxylic acids is 3. The Morgan fingerprint density at radius 2 is 1.21 bits per heavy atom. The van der Waals surface area contributed by atoms with E-state index in [0.717, 1.165) is 62.7 Å². The van der Waals surface area contributed by atoms with Crippen molar-refractivity contribution in [2.45, 2.75) is 224 Å². The van der Waals surface area contributed by atoms with E-state index in [1.54, 1.807) is 4.90 Å². The van der Waals surface area contributed by atoms with Gasteiger partial charge in [0.05, 0.1) is 32.3 Å². The van der Waals surface area contributed by atoms with Crippen molar-refractivity contribution in [2.75, 3.05) is 39.9 Å². The summed E-state index contributed by atoms with van der Waals surface area (Å²) in [5.74, 6) is -3.81. The average Bonchev–Trinajstić information content (AvgIpc) is 3.50. The molecule has 1 unspecified atom stereocenters. The summed E-state index contributed by atoms with van der Waals surface area (Å²) in [6.45, 7) is 12.2. The van der Waals surface area contributed by atoms with Gasteiger partial charge in [-0.05, 0) is 39.5 Å². The van der Waals surface area contributed by atoms with Crippen molar-refractivity contribution in [3.8, 4) is 0 Å². The van der Waals surface area contributed by atoms with Crippen LogP contribution in [0.4, 0.5) is 0 Å². The lowest BCUT2D eigenvalue weighted by Gasteiger charge is -2.45. The molecule has 3 aliphatic heterocycles. The van der Waals surface area contributed by atoms with Gasteiger partial charge in [-0.1, -0.05) is 110 Å². The predicted molar refractivity (Wildman–Crippen MR) is 243 cm³/mol. The van der Waals surface area contributed by atoms with Crippen LogP contribution in [0.2, 0.25) is 0 Å². The van der Waals surface area contributed by atoms with E-state index in [1.807, 2.05) is 0 Å². The Hall–Kier alpha value is -2.82. The van der Waals surface area contributed by atoms with Crippen LogP contribution in [0, 0.1) is 5.92 Å². The Labute approximate surface area is 397 Å². The van der Waals surface area contributed by atoms with Gasteiger partial charge in [0.25, 0.3) is 5.91 Å². The smallest absolute Gasteiger partial charge is 0.335 e. The maximum absolute atomic E-state index is 12.5. The van der Waals surface area contributed by atoms with Gasteiger partial charge in [0.2, 0.25) is 0 Å². The summed E-state index contributed by atoms with van der Waals surface area (Å²) in [5, 5.41) is 91.9. The Balaban J connectivity index is 0.00000203. The number of unbranched alkanes of at least 4 members (excludes halogenated alkanes) is 14. The molecule has 19 nitrogen and oxygen atoms in total. The van der Waals surface area contributed by atoms with E-state index in [2.05, 4.69) is 27.7 Å². The second-order valence-electron chi connectivity index (χ2n) is 18.5. The molecule has 12 atom stereocenters. The summed E-state index contributed by atoms with van der Waals surface area (Å²) < 4.78 is 21.7. The van der Waals surface area contributed by atoms with Crippen LogP contribution in [0.5, 0.6) is 0 Å². The number of carboxylic acid groups (broad SMARTS) is 2. The number of likely N-dealkylation sites (N-methyl/N-ethyl adjacent to an activating group) is 1. The van der Waals surface area contributed by atoms with Crippen LogP contribution in [0.3, 0.4) is 0 Å². The van der Waals surface area contributed by atoms with Crippen LogP contribution < -0.4 is 10.0 Å². The number of nitrogens with zero attached hydrogens (tertiary/aromatic N) is 1. The van der Waals surface area contributed by atoms with E-state index >= 15 is 0 Å². The number of hydrogen-bond acceptors (Lipinski definition) is 16. The van der Waals surface area contributed by atoms with Gasteiger partial charge in [0, 0.05) is 32.5 Å². The number of aliphatic carboxylic acids is 2. The molecule has 0 aromatic heterocycles. The molecule has 0 aliphatic carbocycles. The molecule has 3 rings (SSSR count). The zero-order valence-corrected chi connectivity index (χ0v) is 40.8. The summed E-state index contributed by atoms with van der Waals surface area (Å²) >= 11 is 0. The number of nitrogens with one attached hydrogen (secondary N) is 1. The Morgan fingerprint density at radius 3 is 1.69 bits per heavy atom. The highest BCUT2D eigenvalue weighted by Crippen LogP contribution is 2.31. The first-order valence-electron chi connectivity index (χ1n) is 25.0. The molecule has 0 bridgehead atoms. The lowest BCUT2D eigenvalue weighted by molar-refractivity contribution is -0.894. The summed E-state index contributed by atoms with van der Waals surface area (Å²) in [7, 11) is 1.36. The normalized spacial score (nSPS) is 28.1. The molecule has 9 N–H and O–H groups in total. The number of ketones is 1. The zero-order chi connectivity index (χ0) is 50.1. The molecule has 0 spiro atoms. The number of quaternary nitrogens is 1. The molecule has 390 valence electrons. The maximum Gasteiger partial charge on any atom is 0.335 e. The van der Waals surface area contributed by atoms with Crippen LogP contribution in [0.25, 0.3) is 0 Å². The van der Waals surface area contributed by atoms with E-state index < -0.39 is 110 Å². The fraction of sp³-hybridized carbons (Fsp3) is 0.875. The standard InChI is InChI=1S/C42H71NO17.C6H15N/c1-25(19-15-11-7-5-3-4-6-8-13-17-21-27(45)30-31(48)26(23-29(46)47)43(2)39(30)54)20-16-12-9-10-14-18-22-57-41-36(53)34(51)37(38(60-41)40(55)56)59-42-35(52)33(50)32(49)28(24-44)58-42;1-4-7(5-2)6-3/h25-26,28,32-38,41-42,44,48-53H,3-24H2,1-2H3,(H,46,47)(H,55,56);4-6H2,1-3H3/t25?,26-,28-,32+,33+,34-,35-,36-,37+,38+,41-,42+;/m1./s1. The SMILES string of the molecule is CC(CCCCCCCCCCCCC(=O)C1=C(O)[C@@H](CC(=O)[O-])N(C)C1=O)CCCCCCCCO[C@@H]1O[C@H](C(=O)O)[C@@H](O[C@@H]2O[C@H](CO)[C@H](O)[C@H](O)[C@H]2O)[C@H](O)[C@H]1O.CC[NH+](CC)CC. The van der Waals surface area contributed by atoms with E-state index in [-0.39, 0.29) is 18.6 Å². The van der Waals surface area contributed by atoms with Gasteiger partial charge in [-0.15, -0.1) is 0 Å². The van der Waals surface area contributed by atoms with Crippen LogP contribution in [0.1, 0.15) is 156 Å². The second kappa shape index (κ2) is 32.9. The number of carboxylic acids is 2. The minimum atomic E-state index is -1.84. The molecule has 3 aliphatic rings. The van der Waals surface area contributed by atoms with Gasteiger partial charge in [0.15, 0.2) is 24.5 Å². The molecular weight excluding hydrogens is 877 g/mol. The van der Waals surface area contributed by atoms with E-state index in [9.17, 15) is 65.1 Å². The lowest BCUT2D eigenvalue weighted by atomic mass is 9.95. The van der Waals surface area contributed by atoms with Crippen molar-refractivity contribution in [2.24, 2.45) is 5.92 Å². The van der Waals surface area contributed by atoms with Gasteiger partial charge in [-0.25, -0.2) is 4.79 Å². The first kappa shape index (κ1) is 60.3. The van der Waals surface area contributed by atoms with E-state index in [0.29, 0.717) is 18.8 Å². The second-order valence-corrected chi connectivity index (χ2v) is 18.5. The zero-order valence-electron chi connectivity index (χ0n) is 40.8. The van der Waals surface area contributed by atoms with Crippen molar-refractivity contribution < 1.29 is 89.0 Å². The van der Waals surface area contributed by atoms with Crippen LogP contribution in [0.15, 0.2) is 11.3 Å². The molecule has 2 saturated heterocycles. The molecule has 1 amide bonds. The number of carbonyl (C=O) groups is 4. The molecule has 2 fully saturated rings. The number of aliphatic hydroxyl groups is 7. The minimum Gasteiger partial charge on any atom is -0.550 e. The third-order valence-corrected chi connectivity index (χ3v) is 13.4. The lowest BCUT2D eigenvalue weighted by Crippen LogP contribution is -3.11. The van der Waals surface area contributed by atoms with Crippen molar-refractivity contribution in [3.63, 3.8) is 0 Å². The molecular formula is C48H86N2O17. The summed E-state index contributed by atoms with van der Waals surface area (Å²) in [4.78, 5) is 50.5. The van der Waals surface area contributed by atoms with Crippen LogP contribution in [-0.2, 0) is 38.1 Å². The van der Waals surface area contributed by atoms with Crippen LogP contribution in [-0.4, -0.2) is 177 Å². The molecule has 67 heavy (non-hydrogen) atoms. The topological polar surface area (TPSA) is 298 Å². The molecule has 0 aromatic rings. The summed E-state index contributed by atoms with van der Waals surface area (Å²) in [6.07, 6.45) is 1.71. The van der Waals surface area contributed by atoms with Gasteiger partial charge < -0.3 is 79.5 Å². The number of aliphatic hydroxyl groups excluding tert-OH is 7. The molecule has 3 heterocycles. The first-order chi connectivity index (χ1) is 31.9. The number of amides is 1. The molecule has 0 radical (unpaired) electrons. The minimum absolute atomic E-state index is 0.147. The number of hydrogen-bond donors (Lipinski definition) is 9. The van der Waals surface area contributed by atoms with Gasteiger partial charge >= 0.3 is 5.97 Å². The fourth-order valence-electron chi connectivity index (χ4n) is 8.80. The maximum atomic E-state index is 12.5. The predicted octanol–water partition coefficient (Wildman–Crippen LogP) is 1.06. The van der Waals surface area contributed by atoms with Crippen molar-refractivity contribution in [3.05, 3.63) is 11.3 Å². The first-order valence-corrected chi connectivity index (χ1v) is 25.0. The summed E-state index contributed by atoms with van der Waals surface area (Å²) in [6, 6.07) is -1.05. The molecule has 19 heteroatoms. The highest BCUT2D eigenvalue weighted by molar-refractivity contribution is 6.21. The summed E-state index contributed by atoms with van der Waals surface area (Å²) in [5.41, 5.74) is -0.293. The van der Waals surface area contributed by atoms with E-state index in [1.165, 1.54) is 71.6 Å². The third kappa shape index (κ3) is 20.2. The number of rotatable bonds is 33. The van der Waals surface area contributed by atoms with Crippen molar-refractivity contribution in [1.82, 2.24) is 4.90 Å². The third-order valence-electron chi connectivity index (χ3n) is 13.4. The van der Waals surface area contributed by atoms with E-state index in [4.69, 9.17) is 18.9 Å². The molecule has 0 saturated carbocycles.